The molecule has 0 radical (unpaired) electrons. The number of hydrogen-bond acceptors (Lipinski definition) is 6. The zero-order valence-electron chi connectivity index (χ0n) is 17.8. The number of aromatic nitrogens is 3. The fourth-order valence-corrected chi connectivity index (χ4v) is 3.95. The molecule has 1 fully saturated rings. The highest BCUT2D eigenvalue weighted by Crippen LogP contribution is 2.28. The van der Waals surface area contributed by atoms with E-state index in [1.54, 1.807) is 12.4 Å². The predicted octanol–water partition coefficient (Wildman–Crippen LogP) is 2.38. The molecular weight excluding hydrogens is 394 g/mol. The summed E-state index contributed by atoms with van der Waals surface area (Å²) in [6.07, 6.45) is 5.66. The Morgan fingerprint density at radius 2 is 2.03 bits per heavy atom. The standard InChI is InChI=1S/C23H29N5O3/c1-2-28-22-19(14-25-28)21(26-17-8-10-31-11-9-17)20(13-24-22)23(30)27-18(15-29)12-16-6-4-3-5-7-16/h3-7,13-14,17-18,29H,2,8-12,15H2,1H3,(H,24,26)(H,27,30)/t18-/m1/s1. The molecule has 1 amide bonds. The Hall–Kier alpha value is -2.97. The molecule has 8 nitrogen and oxygen atoms in total. The first-order valence-corrected chi connectivity index (χ1v) is 10.8. The summed E-state index contributed by atoms with van der Waals surface area (Å²) in [5, 5.41) is 21.6. The summed E-state index contributed by atoms with van der Waals surface area (Å²) in [6, 6.07) is 9.64. The number of amides is 1. The zero-order chi connectivity index (χ0) is 21.6. The number of aliphatic hydroxyl groups is 1. The van der Waals surface area contributed by atoms with Crippen LogP contribution in [0.15, 0.2) is 42.7 Å². The maximum absolute atomic E-state index is 13.2. The summed E-state index contributed by atoms with van der Waals surface area (Å²) in [5.74, 6) is -0.261. The lowest BCUT2D eigenvalue weighted by molar-refractivity contribution is 0.0901. The Kier molecular flexibility index (Phi) is 6.79. The largest absolute Gasteiger partial charge is 0.394 e. The number of aryl methyl sites for hydroxylation is 1. The minimum absolute atomic E-state index is 0.146. The highest BCUT2D eigenvalue weighted by Gasteiger charge is 2.23. The lowest BCUT2D eigenvalue weighted by atomic mass is 10.0. The van der Waals surface area contributed by atoms with E-state index >= 15 is 0 Å². The van der Waals surface area contributed by atoms with Crippen molar-refractivity contribution in [3.8, 4) is 0 Å². The summed E-state index contributed by atoms with van der Waals surface area (Å²) >= 11 is 0. The fraction of sp³-hybridized carbons (Fsp3) is 0.435. The number of carbonyl (C=O) groups is 1. The van der Waals surface area contributed by atoms with Crippen molar-refractivity contribution in [1.82, 2.24) is 20.1 Å². The summed E-state index contributed by atoms with van der Waals surface area (Å²) in [6.45, 7) is 3.96. The smallest absolute Gasteiger partial charge is 0.255 e. The van der Waals surface area contributed by atoms with Gasteiger partial charge in [-0.3, -0.25) is 4.79 Å². The van der Waals surface area contributed by atoms with E-state index in [0.717, 1.165) is 35.1 Å². The van der Waals surface area contributed by atoms with Gasteiger partial charge >= 0.3 is 0 Å². The molecule has 0 unspecified atom stereocenters. The molecule has 2 aromatic heterocycles. The van der Waals surface area contributed by atoms with E-state index in [2.05, 4.69) is 20.7 Å². The molecule has 8 heteroatoms. The van der Waals surface area contributed by atoms with Gasteiger partial charge in [-0.25, -0.2) is 9.67 Å². The number of aliphatic hydroxyl groups excluding tert-OH is 1. The number of rotatable bonds is 8. The van der Waals surface area contributed by atoms with Crippen LogP contribution < -0.4 is 10.6 Å². The average molecular weight is 424 g/mol. The third kappa shape index (κ3) is 4.86. The molecule has 1 aliphatic rings. The number of pyridine rings is 1. The van der Waals surface area contributed by atoms with E-state index in [0.29, 0.717) is 31.7 Å². The number of anilines is 1. The van der Waals surface area contributed by atoms with E-state index in [1.807, 2.05) is 41.9 Å². The number of ether oxygens (including phenoxy) is 1. The fourth-order valence-electron chi connectivity index (χ4n) is 3.95. The SMILES string of the molecule is CCn1ncc2c(NC3CCOCC3)c(C(=O)N[C@@H](CO)Cc3ccccc3)cnc21. The van der Waals surface area contributed by atoms with E-state index in [1.165, 1.54) is 0 Å². The maximum atomic E-state index is 13.2. The van der Waals surface area contributed by atoms with Gasteiger partial charge in [0.15, 0.2) is 5.65 Å². The van der Waals surface area contributed by atoms with Crippen LogP contribution in [0.4, 0.5) is 5.69 Å². The Morgan fingerprint density at radius 3 is 2.74 bits per heavy atom. The third-order valence-electron chi connectivity index (χ3n) is 5.66. The minimum atomic E-state index is -0.389. The van der Waals surface area contributed by atoms with Crippen molar-refractivity contribution in [2.45, 2.75) is 44.8 Å². The van der Waals surface area contributed by atoms with Gasteiger partial charge in [0, 0.05) is 32.0 Å². The molecule has 0 saturated carbocycles. The number of nitrogens with zero attached hydrogens (tertiary/aromatic N) is 3. The second kappa shape index (κ2) is 9.89. The summed E-state index contributed by atoms with van der Waals surface area (Å²) in [4.78, 5) is 17.7. The summed E-state index contributed by atoms with van der Waals surface area (Å²) in [5.41, 5.74) is 3.00. The first-order chi connectivity index (χ1) is 15.2. The second-order valence-electron chi connectivity index (χ2n) is 7.82. The lowest BCUT2D eigenvalue weighted by Gasteiger charge is -2.26. The van der Waals surface area contributed by atoms with Crippen LogP contribution in [0.25, 0.3) is 11.0 Å². The highest BCUT2D eigenvalue weighted by atomic mass is 16.5. The highest BCUT2D eigenvalue weighted by molar-refractivity contribution is 6.06. The van der Waals surface area contributed by atoms with E-state index in [4.69, 9.17) is 4.74 Å². The minimum Gasteiger partial charge on any atom is -0.394 e. The molecule has 4 rings (SSSR count). The third-order valence-corrected chi connectivity index (χ3v) is 5.66. The van der Waals surface area contributed by atoms with Gasteiger partial charge in [0.2, 0.25) is 0 Å². The van der Waals surface area contributed by atoms with Gasteiger partial charge in [-0.1, -0.05) is 30.3 Å². The Morgan fingerprint density at radius 1 is 1.26 bits per heavy atom. The first-order valence-electron chi connectivity index (χ1n) is 10.8. The normalized spacial score (nSPS) is 15.7. The van der Waals surface area contributed by atoms with Crippen LogP contribution in [0.2, 0.25) is 0 Å². The molecule has 0 spiro atoms. The van der Waals surface area contributed by atoms with Crippen molar-refractivity contribution in [2.24, 2.45) is 0 Å². The predicted molar refractivity (Wildman–Crippen MR) is 119 cm³/mol. The van der Waals surface area contributed by atoms with Crippen molar-refractivity contribution in [3.05, 3.63) is 53.9 Å². The molecule has 164 valence electrons. The van der Waals surface area contributed by atoms with E-state index in [9.17, 15) is 9.90 Å². The Labute approximate surface area is 181 Å². The topological polar surface area (TPSA) is 101 Å². The van der Waals surface area contributed by atoms with Crippen LogP contribution in [-0.4, -0.2) is 57.7 Å². The molecule has 1 atom stereocenters. The molecule has 3 heterocycles. The molecule has 1 aliphatic heterocycles. The monoisotopic (exact) mass is 423 g/mol. The van der Waals surface area contributed by atoms with Crippen LogP contribution >= 0.6 is 0 Å². The van der Waals surface area contributed by atoms with Gasteiger partial charge < -0.3 is 20.5 Å². The second-order valence-corrected chi connectivity index (χ2v) is 7.82. The van der Waals surface area contributed by atoms with E-state index in [-0.39, 0.29) is 24.6 Å². The maximum Gasteiger partial charge on any atom is 0.255 e. The molecule has 0 bridgehead atoms. The number of fused-ring (bicyclic) bond motifs is 1. The van der Waals surface area contributed by atoms with Gasteiger partial charge in [0.1, 0.15) is 0 Å². The van der Waals surface area contributed by atoms with Gasteiger partial charge in [-0.05, 0) is 31.7 Å². The van der Waals surface area contributed by atoms with Crippen molar-refractivity contribution in [2.75, 3.05) is 25.1 Å². The quantitative estimate of drug-likeness (QED) is 0.514. The molecule has 0 aliphatic carbocycles. The van der Waals surface area contributed by atoms with Gasteiger partial charge in [-0.2, -0.15) is 5.10 Å². The molecule has 3 aromatic rings. The first kappa shape index (κ1) is 21.3. The number of nitrogens with one attached hydrogen (secondary N) is 2. The van der Waals surface area contributed by atoms with Crippen LogP contribution in [0.5, 0.6) is 0 Å². The summed E-state index contributed by atoms with van der Waals surface area (Å²) < 4.78 is 7.29. The molecule has 1 aromatic carbocycles. The Balaban J connectivity index is 1.61. The number of benzene rings is 1. The van der Waals surface area contributed by atoms with Gasteiger partial charge in [0.25, 0.3) is 5.91 Å². The van der Waals surface area contributed by atoms with Gasteiger partial charge in [-0.15, -0.1) is 0 Å². The molecule has 1 saturated heterocycles. The van der Waals surface area contributed by atoms with Crippen molar-refractivity contribution < 1.29 is 14.6 Å². The van der Waals surface area contributed by atoms with Crippen LogP contribution in [0, 0.1) is 0 Å². The van der Waals surface area contributed by atoms with Crippen molar-refractivity contribution >= 4 is 22.6 Å². The van der Waals surface area contributed by atoms with Gasteiger partial charge in [0.05, 0.1) is 35.5 Å². The lowest BCUT2D eigenvalue weighted by Crippen LogP contribution is -2.39. The molecular formula is C23H29N5O3. The van der Waals surface area contributed by atoms with Crippen molar-refractivity contribution in [1.29, 1.82) is 0 Å². The zero-order valence-corrected chi connectivity index (χ0v) is 17.8. The van der Waals surface area contributed by atoms with Crippen LogP contribution in [0.3, 0.4) is 0 Å². The van der Waals surface area contributed by atoms with Crippen molar-refractivity contribution in [3.63, 3.8) is 0 Å². The van der Waals surface area contributed by atoms with Crippen LogP contribution in [0.1, 0.15) is 35.7 Å². The molecule has 31 heavy (non-hydrogen) atoms. The molecule has 3 N–H and O–H groups in total. The average Bonchev–Trinajstić information content (AvgIpc) is 3.24. The van der Waals surface area contributed by atoms with E-state index < -0.39 is 0 Å². The number of carbonyl (C=O) groups excluding carboxylic acids is 1. The number of hydrogen-bond donors (Lipinski definition) is 3. The summed E-state index contributed by atoms with van der Waals surface area (Å²) in [7, 11) is 0. The Bertz CT molecular complexity index is 1010. The van der Waals surface area contributed by atoms with Crippen LogP contribution in [-0.2, 0) is 17.7 Å².